The average Bonchev–Trinajstić information content (AvgIpc) is 3.05. The second kappa shape index (κ2) is 7.05. The molecule has 0 radical (unpaired) electrons. The lowest BCUT2D eigenvalue weighted by Gasteiger charge is -2.14. The Morgan fingerprint density at radius 3 is 2.83 bits per heavy atom. The van der Waals surface area contributed by atoms with E-state index in [9.17, 15) is 4.79 Å². The number of aromatic nitrogens is 3. The molecule has 1 atom stereocenters. The molecule has 2 aromatic rings. The molecule has 2 heterocycles. The minimum Gasteiger partial charge on any atom is -0.355 e. The predicted octanol–water partition coefficient (Wildman–Crippen LogP) is 3.59. The van der Waals surface area contributed by atoms with Crippen molar-refractivity contribution in [2.24, 2.45) is 5.92 Å². The molecule has 2 aromatic heterocycles. The van der Waals surface area contributed by atoms with Crippen LogP contribution in [0.2, 0.25) is 0 Å². The first-order valence-electron chi connectivity index (χ1n) is 7.99. The molecule has 1 saturated carbocycles. The maximum Gasteiger partial charge on any atom is 0.233 e. The Morgan fingerprint density at radius 1 is 1.43 bits per heavy atom. The lowest BCUT2D eigenvalue weighted by Crippen LogP contribution is -2.33. The number of carbonyl (C=O) groups excluding carboxylic acids is 1. The van der Waals surface area contributed by atoms with E-state index in [0.29, 0.717) is 18.5 Å². The van der Waals surface area contributed by atoms with Gasteiger partial charge in [0.15, 0.2) is 11.0 Å². The smallest absolute Gasteiger partial charge is 0.233 e. The summed E-state index contributed by atoms with van der Waals surface area (Å²) in [5, 5.41) is 14.4. The molecule has 3 rings (SSSR count). The van der Waals surface area contributed by atoms with E-state index in [1.54, 1.807) is 11.3 Å². The van der Waals surface area contributed by atoms with Crippen LogP contribution in [0.1, 0.15) is 39.7 Å². The van der Waals surface area contributed by atoms with Crippen LogP contribution in [0.4, 0.5) is 0 Å². The molecular formula is C16H22N4OS2. The fourth-order valence-electron chi connectivity index (χ4n) is 2.25. The second-order valence-corrected chi connectivity index (χ2v) is 8.54. The number of carbonyl (C=O) groups is 1. The lowest BCUT2D eigenvalue weighted by molar-refractivity contribution is -0.120. The standard InChI is InChI=1S/C16H22N4OS2/c1-10(2)9-17-15(21)11(3)23-16-19-18-14(13-5-4-8-22-13)20(16)12-6-7-12/h4-5,8,10-12H,6-7,9H2,1-3H3,(H,17,21)/t11-/m0/s1. The van der Waals surface area contributed by atoms with Gasteiger partial charge in [-0.2, -0.15) is 0 Å². The molecule has 0 unspecified atom stereocenters. The molecule has 5 nitrogen and oxygen atoms in total. The molecular weight excluding hydrogens is 328 g/mol. The van der Waals surface area contributed by atoms with Gasteiger partial charge in [0.25, 0.3) is 0 Å². The lowest BCUT2D eigenvalue weighted by atomic mass is 10.2. The summed E-state index contributed by atoms with van der Waals surface area (Å²) in [6.07, 6.45) is 2.33. The van der Waals surface area contributed by atoms with Crippen LogP contribution < -0.4 is 5.32 Å². The predicted molar refractivity (Wildman–Crippen MR) is 94.8 cm³/mol. The van der Waals surface area contributed by atoms with E-state index in [0.717, 1.165) is 28.7 Å². The van der Waals surface area contributed by atoms with Crippen molar-refractivity contribution in [2.45, 2.75) is 50.1 Å². The van der Waals surface area contributed by atoms with Crippen molar-refractivity contribution in [3.05, 3.63) is 17.5 Å². The molecule has 23 heavy (non-hydrogen) atoms. The Bertz CT molecular complexity index is 662. The molecule has 7 heteroatoms. The molecule has 0 bridgehead atoms. The van der Waals surface area contributed by atoms with Gasteiger partial charge in [-0.3, -0.25) is 9.36 Å². The van der Waals surface area contributed by atoms with E-state index < -0.39 is 0 Å². The summed E-state index contributed by atoms with van der Waals surface area (Å²) < 4.78 is 2.21. The van der Waals surface area contributed by atoms with Gasteiger partial charge in [0.05, 0.1) is 10.1 Å². The van der Waals surface area contributed by atoms with Crippen LogP contribution in [-0.4, -0.2) is 32.5 Å². The van der Waals surface area contributed by atoms with Gasteiger partial charge in [-0.25, -0.2) is 0 Å². The molecule has 0 saturated heterocycles. The van der Waals surface area contributed by atoms with Gasteiger partial charge in [0, 0.05) is 12.6 Å². The number of nitrogens with one attached hydrogen (secondary N) is 1. The van der Waals surface area contributed by atoms with Crippen LogP contribution in [0, 0.1) is 5.92 Å². The third-order valence-corrected chi connectivity index (χ3v) is 5.58. The minimum absolute atomic E-state index is 0.0618. The van der Waals surface area contributed by atoms with Crippen molar-refractivity contribution < 1.29 is 4.79 Å². The Balaban J connectivity index is 1.74. The SMILES string of the molecule is CC(C)CNC(=O)[C@H](C)Sc1nnc(-c2cccs2)n1C1CC1. The number of rotatable bonds is 7. The minimum atomic E-state index is -0.174. The van der Waals surface area contributed by atoms with E-state index in [1.165, 1.54) is 11.8 Å². The molecule has 1 N–H and O–H groups in total. The fourth-order valence-corrected chi connectivity index (χ4v) is 3.90. The first kappa shape index (κ1) is 16.5. The van der Waals surface area contributed by atoms with Crippen molar-refractivity contribution in [1.82, 2.24) is 20.1 Å². The largest absolute Gasteiger partial charge is 0.355 e. The first-order valence-corrected chi connectivity index (χ1v) is 9.75. The maximum absolute atomic E-state index is 12.2. The monoisotopic (exact) mass is 350 g/mol. The van der Waals surface area contributed by atoms with Crippen molar-refractivity contribution in [1.29, 1.82) is 0 Å². The highest BCUT2D eigenvalue weighted by molar-refractivity contribution is 8.00. The van der Waals surface area contributed by atoms with Crippen LogP contribution in [-0.2, 0) is 4.79 Å². The Kier molecular flexibility index (Phi) is 5.06. The molecule has 1 fully saturated rings. The van der Waals surface area contributed by atoms with Crippen molar-refractivity contribution in [2.75, 3.05) is 6.54 Å². The average molecular weight is 351 g/mol. The van der Waals surface area contributed by atoms with Gasteiger partial charge in [0.2, 0.25) is 5.91 Å². The quantitative estimate of drug-likeness (QED) is 0.775. The number of amides is 1. The fraction of sp³-hybridized carbons (Fsp3) is 0.562. The summed E-state index contributed by atoms with van der Waals surface area (Å²) >= 11 is 3.17. The number of thioether (sulfide) groups is 1. The Morgan fingerprint density at radius 2 is 2.22 bits per heavy atom. The van der Waals surface area contributed by atoms with E-state index in [4.69, 9.17) is 0 Å². The third kappa shape index (κ3) is 3.95. The molecule has 1 amide bonds. The molecule has 0 aromatic carbocycles. The normalized spacial score (nSPS) is 15.8. The summed E-state index contributed by atoms with van der Waals surface area (Å²) in [5.41, 5.74) is 0. The van der Waals surface area contributed by atoms with E-state index >= 15 is 0 Å². The van der Waals surface area contributed by atoms with Gasteiger partial charge in [-0.15, -0.1) is 21.5 Å². The highest BCUT2D eigenvalue weighted by Gasteiger charge is 2.31. The van der Waals surface area contributed by atoms with Crippen molar-refractivity contribution in [3.8, 4) is 10.7 Å². The summed E-state index contributed by atoms with van der Waals surface area (Å²) in [5.74, 6) is 1.45. The van der Waals surface area contributed by atoms with E-state index in [1.807, 2.05) is 13.0 Å². The highest BCUT2D eigenvalue weighted by atomic mass is 32.2. The zero-order valence-corrected chi connectivity index (χ0v) is 15.3. The van der Waals surface area contributed by atoms with Crippen molar-refractivity contribution in [3.63, 3.8) is 0 Å². The topological polar surface area (TPSA) is 59.8 Å². The van der Waals surface area contributed by atoms with Crippen molar-refractivity contribution >= 4 is 29.0 Å². The van der Waals surface area contributed by atoms with Crippen LogP contribution in [0.25, 0.3) is 10.7 Å². The Hall–Kier alpha value is -1.34. The summed E-state index contributed by atoms with van der Waals surface area (Å²) in [6, 6.07) is 4.58. The van der Waals surface area contributed by atoms with Gasteiger partial charge < -0.3 is 5.32 Å². The van der Waals surface area contributed by atoms with Gasteiger partial charge in [0.1, 0.15) is 0 Å². The maximum atomic E-state index is 12.2. The van der Waals surface area contributed by atoms with Gasteiger partial charge in [-0.1, -0.05) is 31.7 Å². The first-order chi connectivity index (χ1) is 11.1. The van der Waals surface area contributed by atoms with E-state index in [2.05, 4.69) is 45.4 Å². The van der Waals surface area contributed by atoms with Gasteiger partial charge in [-0.05, 0) is 37.1 Å². The summed E-state index contributed by atoms with van der Waals surface area (Å²) in [7, 11) is 0. The molecule has 1 aliphatic carbocycles. The van der Waals surface area contributed by atoms with Crippen LogP contribution >= 0.6 is 23.1 Å². The van der Waals surface area contributed by atoms with Crippen LogP contribution in [0.15, 0.2) is 22.7 Å². The number of hydrogen-bond acceptors (Lipinski definition) is 5. The van der Waals surface area contributed by atoms with E-state index in [-0.39, 0.29) is 11.2 Å². The molecule has 124 valence electrons. The van der Waals surface area contributed by atoms with Crippen LogP contribution in [0.5, 0.6) is 0 Å². The van der Waals surface area contributed by atoms with Crippen LogP contribution in [0.3, 0.4) is 0 Å². The highest BCUT2D eigenvalue weighted by Crippen LogP contribution is 2.42. The molecule has 0 spiro atoms. The molecule has 0 aliphatic heterocycles. The summed E-state index contributed by atoms with van der Waals surface area (Å²) in [4.78, 5) is 13.3. The second-order valence-electron chi connectivity index (χ2n) is 6.28. The number of thiophene rings is 1. The Labute approximate surface area is 144 Å². The molecule has 1 aliphatic rings. The zero-order chi connectivity index (χ0) is 16.4. The van der Waals surface area contributed by atoms with Gasteiger partial charge >= 0.3 is 0 Å². The summed E-state index contributed by atoms with van der Waals surface area (Å²) in [6.45, 7) is 6.82. The number of nitrogens with zero attached hydrogens (tertiary/aromatic N) is 3. The third-order valence-electron chi connectivity index (χ3n) is 3.65. The number of hydrogen-bond donors (Lipinski definition) is 1. The zero-order valence-electron chi connectivity index (χ0n) is 13.7.